The van der Waals surface area contributed by atoms with Crippen LogP contribution in [0.3, 0.4) is 0 Å². The quantitative estimate of drug-likeness (QED) is 0.586. The number of rotatable bonds is 6. The Balaban J connectivity index is 2.09. The van der Waals surface area contributed by atoms with Crippen molar-refractivity contribution in [1.29, 1.82) is 5.26 Å². The predicted octanol–water partition coefficient (Wildman–Crippen LogP) is 3.90. The zero-order valence-corrected chi connectivity index (χ0v) is 14.1. The van der Waals surface area contributed by atoms with Crippen molar-refractivity contribution in [2.45, 2.75) is 13.8 Å². The number of nitriles is 1. The van der Waals surface area contributed by atoms with Gasteiger partial charge >= 0.3 is 5.97 Å². The van der Waals surface area contributed by atoms with Crippen molar-refractivity contribution in [2.24, 2.45) is 0 Å². The van der Waals surface area contributed by atoms with Gasteiger partial charge in [-0.3, -0.25) is 0 Å². The normalized spacial score (nSPS) is 9.92. The molecule has 124 valence electrons. The monoisotopic (exact) mass is 345 g/mol. The number of hydrogen-bond donors (Lipinski definition) is 0. The maximum absolute atomic E-state index is 12.0. The van der Waals surface area contributed by atoms with Gasteiger partial charge in [-0.2, -0.15) is 5.26 Å². The zero-order chi connectivity index (χ0) is 17.5. The summed E-state index contributed by atoms with van der Waals surface area (Å²) in [6.45, 7) is 3.77. The van der Waals surface area contributed by atoms with E-state index in [2.05, 4.69) is 0 Å². The van der Waals surface area contributed by atoms with E-state index in [-0.39, 0.29) is 23.1 Å². The third-order valence-corrected chi connectivity index (χ3v) is 3.28. The van der Waals surface area contributed by atoms with E-state index in [1.54, 1.807) is 13.0 Å². The molecule has 2 aromatic carbocycles. The molecule has 0 heterocycles. The fraction of sp³-hybridized carbons (Fsp3) is 0.222. The van der Waals surface area contributed by atoms with Gasteiger partial charge in [-0.25, -0.2) is 4.79 Å². The number of benzene rings is 2. The second kappa shape index (κ2) is 8.23. The average Bonchev–Trinajstić information content (AvgIpc) is 2.56. The van der Waals surface area contributed by atoms with Crippen LogP contribution in [0, 0.1) is 18.3 Å². The third-order valence-electron chi connectivity index (χ3n) is 3.00. The van der Waals surface area contributed by atoms with Crippen LogP contribution in [0.15, 0.2) is 36.4 Å². The van der Waals surface area contributed by atoms with Gasteiger partial charge in [-0.15, -0.1) is 0 Å². The maximum atomic E-state index is 12.0. The van der Waals surface area contributed by atoms with Gasteiger partial charge in [0.2, 0.25) is 0 Å². The predicted molar refractivity (Wildman–Crippen MR) is 89.6 cm³/mol. The van der Waals surface area contributed by atoms with Gasteiger partial charge in [-0.05, 0) is 37.6 Å². The Morgan fingerprint density at radius 2 is 2.04 bits per heavy atom. The summed E-state index contributed by atoms with van der Waals surface area (Å²) < 4.78 is 16.0. The Hall–Kier alpha value is -2.71. The molecule has 0 N–H and O–H groups in total. The molecule has 2 aromatic rings. The van der Waals surface area contributed by atoms with Crippen LogP contribution in [0.1, 0.15) is 18.1 Å². The molecule has 0 aliphatic carbocycles. The summed E-state index contributed by atoms with van der Waals surface area (Å²) in [5.41, 5.74) is 1.34. The first-order valence-electron chi connectivity index (χ1n) is 7.30. The minimum absolute atomic E-state index is 0.0790. The molecule has 0 aromatic heterocycles. The molecule has 0 aliphatic heterocycles. The molecule has 0 amide bonds. The average molecular weight is 346 g/mol. The van der Waals surface area contributed by atoms with Crippen molar-refractivity contribution in [3.05, 3.63) is 52.5 Å². The summed E-state index contributed by atoms with van der Waals surface area (Å²) in [4.78, 5) is 12.0. The summed E-state index contributed by atoms with van der Waals surface area (Å²) in [5.74, 6) is 0.271. The molecule has 0 spiro atoms. The van der Waals surface area contributed by atoms with Gasteiger partial charge in [0.25, 0.3) is 0 Å². The largest absolute Gasteiger partial charge is 0.490 e. The molecule has 0 saturated carbocycles. The standard InChI is InChI=1S/C18H16ClNO4/c1-3-22-16-9-13(10-20)8-15(19)18(16)24-17(21)11-23-14-6-4-5-12(2)7-14/h4-9H,3,11H2,1-2H3. The first-order valence-corrected chi connectivity index (χ1v) is 7.68. The molecule has 0 fully saturated rings. The summed E-state index contributed by atoms with van der Waals surface area (Å²) >= 11 is 6.08. The summed E-state index contributed by atoms with van der Waals surface area (Å²) in [6, 6.07) is 12.2. The summed E-state index contributed by atoms with van der Waals surface area (Å²) in [7, 11) is 0. The third kappa shape index (κ3) is 4.64. The van der Waals surface area contributed by atoms with Gasteiger partial charge in [0.05, 0.1) is 23.3 Å². The Kier molecular flexibility index (Phi) is 6.05. The Labute approximate surface area is 145 Å². The van der Waals surface area contributed by atoms with Crippen LogP contribution in [-0.2, 0) is 4.79 Å². The molecule has 0 aliphatic rings. The second-order valence-corrected chi connectivity index (χ2v) is 5.32. The van der Waals surface area contributed by atoms with E-state index in [4.69, 9.17) is 31.1 Å². The lowest BCUT2D eigenvalue weighted by Gasteiger charge is -2.13. The van der Waals surface area contributed by atoms with Crippen molar-refractivity contribution >= 4 is 17.6 Å². The van der Waals surface area contributed by atoms with Gasteiger partial charge in [-0.1, -0.05) is 23.7 Å². The number of aryl methyl sites for hydroxylation is 1. The zero-order valence-electron chi connectivity index (χ0n) is 13.3. The number of esters is 1. The van der Waals surface area contributed by atoms with Crippen LogP contribution in [0.5, 0.6) is 17.2 Å². The molecular formula is C18H16ClNO4. The lowest BCUT2D eigenvalue weighted by Crippen LogP contribution is -2.18. The number of carbonyl (C=O) groups excluding carboxylic acids is 1. The van der Waals surface area contributed by atoms with E-state index in [9.17, 15) is 4.79 Å². The van der Waals surface area contributed by atoms with E-state index in [1.165, 1.54) is 12.1 Å². The molecule has 24 heavy (non-hydrogen) atoms. The van der Waals surface area contributed by atoms with Gasteiger partial charge in [0, 0.05) is 6.07 Å². The first-order chi connectivity index (χ1) is 11.5. The number of nitrogens with zero attached hydrogens (tertiary/aromatic N) is 1. The molecule has 0 bridgehead atoms. The molecule has 0 unspecified atom stereocenters. The van der Waals surface area contributed by atoms with Crippen molar-refractivity contribution in [3.8, 4) is 23.3 Å². The van der Waals surface area contributed by atoms with Gasteiger partial charge in [0.1, 0.15) is 5.75 Å². The molecule has 6 heteroatoms. The summed E-state index contributed by atoms with van der Waals surface area (Å²) in [5, 5.41) is 9.09. The number of ether oxygens (including phenoxy) is 3. The fourth-order valence-electron chi connectivity index (χ4n) is 1.99. The van der Waals surface area contributed by atoms with Gasteiger partial charge < -0.3 is 14.2 Å². The number of halogens is 1. The highest BCUT2D eigenvalue weighted by Crippen LogP contribution is 2.36. The number of hydrogen-bond acceptors (Lipinski definition) is 5. The van der Waals surface area contributed by atoms with Crippen LogP contribution >= 0.6 is 11.6 Å². The molecule has 2 rings (SSSR count). The topological polar surface area (TPSA) is 68.5 Å². The van der Waals surface area contributed by atoms with E-state index in [1.807, 2.05) is 31.2 Å². The minimum atomic E-state index is -0.621. The van der Waals surface area contributed by atoms with Crippen molar-refractivity contribution < 1.29 is 19.0 Å². The van der Waals surface area contributed by atoms with Gasteiger partial charge in [0.15, 0.2) is 18.1 Å². The highest BCUT2D eigenvalue weighted by molar-refractivity contribution is 6.32. The molecule has 0 saturated heterocycles. The Morgan fingerprint density at radius 1 is 1.25 bits per heavy atom. The summed E-state index contributed by atoms with van der Waals surface area (Å²) in [6.07, 6.45) is 0. The highest BCUT2D eigenvalue weighted by atomic mass is 35.5. The van der Waals surface area contributed by atoms with E-state index in [0.29, 0.717) is 17.9 Å². The highest BCUT2D eigenvalue weighted by Gasteiger charge is 2.17. The molecular weight excluding hydrogens is 330 g/mol. The molecule has 5 nitrogen and oxygen atoms in total. The minimum Gasteiger partial charge on any atom is -0.490 e. The van der Waals surface area contributed by atoms with Crippen LogP contribution in [0.2, 0.25) is 5.02 Å². The maximum Gasteiger partial charge on any atom is 0.349 e. The van der Waals surface area contributed by atoms with E-state index < -0.39 is 5.97 Å². The SMILES string of the molecule is CCOc1cc(C#N)cc(Cl)c1OC(=O)COc1cccc(C)c1. The smallest absolute Gasteiger partial charge is 0.349 e. The van der Waals surface area contributed by atoms with Crippen LogP contribution < -0.4 is 14.2 Å². The van der Waals surface area contributed by atoms with E-state index >= 15 is 0 Å². The Morgan fingerprint density at radius 3 is 2.71 bits per heavy atom. The van der Waals surface area contributed by atoms with E-state index in [0.717, 1.165) is 5.56 Å². The van der Waals surface area contributed by atoms with Crippen LogP contribution in [0.4, 0.5) is 0 Å². The molecule has 0 radical (unpaired) electrons. The fourth-order valence-corrected chi connectivity index (χ4v) is 2.23. The lowest BCUT2D eigenvalue weighted by molar-refractivity contribution is -0.136. The Bertz CT molecular complexity index is 783. The molecule has 0 atom stereocenters. The van der Waals surface area contributed by atoms with Crippen LogP contribution in [0.25, 0.3) is 0 Å². The first kappa shape index (κ1) is 17.6. The van der Waals surface area contributed by atoms with Crippen molar-refractivity contribution in [2.75, 3.05) is 13.2 Å². The lowest BCUT2D eigenvalue weighted by atomic mass is 10.2. The van der Waals surface area contributed by atoms with Crippen LogP contribution in [-0.4, -0.2) is 19.2 Å². The second-order valence-electron chi connectivity index (χ2n) is 4.91. The number of carbonyl (C=O) groups is 1. The van der Waals surface area contributed by atoms with Crippen molar-refractivity contribution in [3.63, 3.8) is 0 Å². The van der Waals surface area contributed by atoms with Crippen molar-refractivity contribution in [1.82, 2.24) is 0 Å².